The van der Waals surface area contributed by atoms with Gasteiger partial charge in [-0.1, -0.05) is 6.92 Å². The summed E-state index contributed by atoms with van der Waals surface area (Å²) in [5, 5.41) is 2.70. The number of sulfonamides is 1. The van der Waals surface area contributed by atoms with E-state index >= 15 is 0 Å². The molecule has 0 aromatic carbocycles. The summed E-state index contributed by atoms with van der Waals surface area (Å²) in [4.78, 5) is 2.06. The molecule has 0 spiro atoms. The molecule has 1 atom stereocenters. The van der Waals surface area contributed by atoms with Gasteiger partial charge in [0.15, 0.2) is 0 Å². The predicted octanol–water partition coefficient (Wildman–Crippen LogP) is 0.198. The number of hydrogen-bond donors (Lipinski definition) is 1. The summed E-state index contributed by atoms with van der Waals surface area (Å²) in [7, 11) is 2.48. The predicted molar refractivity (Wildman–Crippen MR) is 72.7 cm³/mol. The molecule has 17 heavy (non-hydrogen) atoms. The minimum Gasteiger partial charge on any atom is -0.316 e. The van der Waals surface area contributed by atoms with E-state index < -0.39 is 10.0 Å². The van der Waals surface area contributed by atoms with Crippen LogP contribution in [0.25, 0.3) is 0 Å². The van der Waals surface area contributed by atoms with Gasteiger partial charge in [-0.15, -0.1) is 0 Å². The summed E-state index contributed by atoms with van der Waals surface area (Å²) in [6.45, 7) is 6.51. The minimum atomic E-state index is -3.16. The van der Waals surface area contributed by atoms with Gasteiger partial charge >= 0.3 is 0 Å². The lowest BCUT2D eigenvalue weighted by Gasteiger charge is -2.22. The second-order valence-corrected chi connectivity index (χ2v) is 7.10. The Morgan fingerprint density at radius 3 is 2.24 bits per heavy atom. The molecule has 0 aromatic heterocycles. The first-order valence-electron chi connectivity index (χ1n) is 6.13. The highest BCUT2D eigenvalue weighted by Gasteiger charge is 2.24. The molecule has 0 aliphatic rings. The van der Waals surface area contributed by atoms with E-state index in [4.69, 9.17) is 0 Å². The van der Waals surface area contributed by atoms with E-state index in [1.165, 1.54) is 4.31 Å². The Kier molecular flexibility index (Phi) is 7.94. The van der Waals surface area contributed by atoms with Gasteiger partial charge in [-0.25, -0.2) is 12.7 Å². The van der Waals surface area contributed by atoms with Gasteiger partial charge in [-0.3, -0.25) is 0 Å². The molecule has 1 unspecified atom stereocenters. The topological polar surface area (TPSA) is 52.7 Å². The Hall–Kier alpha value is -0.170. The summed E-state index contributed by atoms with van der Waals surface area (Å²) >= 11 is 0. The van der Waals surface area contributed by atoms with Crippen LogP contribution in [0.5, 0.6) is 0 Å². The maximum absolute atomic E-state index is 12.1. The number of rotatable bonds is 9. The number of hydrogen-bond acceptors (Lipinski definition) is 4. The van der Waals surface area contributed by atoms with Crippen molar-refractivity contribution in [3.05, 3.63) is 0 Å². The van der Waals surface area contributed by atoms with E-state index in [2.05, 4.69) is 10.2 Å². The summed E-state index contributed by atoms with van der Waals surface area (Å²) < 4.78 is 25.6. The second-order valence-electron chi connectivity index (χ2n) is 4.64. The maximum atomic E-state index is 12.1. The van der Waals surface area contributed by atoms with Crippen LogP contribution in [0.4, 0.5) is 0 Å². The van der Waals surface area contributed by atoms with Crippen molar-refractivity contribution < 1.29 is 8.42 Å². The van der Waals surface area contributed by atoms with Crippen LogP contribution < -0.4 is 5.32 Å². The van der Waals surface area contributed by atoms with Gasteiger partial charge in [0.1, 0.15) is 0 Å². The Labute approximate surface area is 106 Å². The summed E-state index contributed by atoms with van der Waals surface area (Å²) in [5.41, 5.74) is 0. The quantitative estimate of drug-likeness (QED) is 0.647. The standard InChI is InChI=1S/C11H27N3O2S/c1-6-12-10-11(2)17(15,16)14(5)9-7-8-13(3)4/h11-12H,6-10H2,1-5H3. The highest BCUT2D eigenvalue weighted by molar-refractivity contribution is 7.89. The smallest absolute Gasteiger partial charge is 0.217 e. The van der Waals surface area contributed by atoms with Crippen LogP contribution >= 0.6 is 0 Å². The largest absolute Gasteiger partial charge is 0.316 e. The van der Waals surface area contributed by atoms with E-state index in [-0.39, 0.29) is 5.25 Å². The lowest BCUT2D eigenvalue weighted by molar-refractivity contribution is 0.368. The van der Waals surface area contributed by atoms with Crippen molar-refractivity contribution in [3.8, 4) is 0 Å². The van der Waals surface area contributed by atoms with E-state index in [0.29, 0.717) is 13.1 Å². The molecule has 0 aliphatic carbocycles. The van der Waals surface area contributed by atoms with Crippen LogP contribution in [0.15, 0.2) is 0 Å². The van der Waals surface area contributed by atoms with Crippen molar-refractivity contribution in [3.63, 3.8) is 0 Å². The molecule has 0 aromatic rings. The van der Waals surface area contributed by atoms with Gasteiger partial charge in [0.2, 0.25) is 10.0 Å². The lowest BCUT2D eigenvalue weighted by atomic mass is 10.4. The zero-order valence-corrected chi connectivity index (χ0v) is 12.5. The Bertz CT molecular complexity index is 291. The molecule has 6 heteroatoms. The van der Waals surface area contributed by atoms with Crippen molar-refractivity contribution in [1.29, 1.82) is 0 Å². The van der Waals surface area contributed by atoms with Gasteiger partial charge < -0.3 is 10.2 Å². The normalized spacial score (nSPS) is 14.5. The average Bonchev–Trinajstić information content (AvgIpc) is 2.24. The molecule has 0 aliphatic heterocycles. The van der Waals surface area contributed by atoms with Gasteiger partial charge in [-0.05, 0) is 40.5 Å². The van der Waals surface area contributed by atoms with Gasteiger partial charge in [-0.2, -0.15) is 0 Å². The molecule has 0 heterocycles. The molecule has 5 nitrogen and oxygen atoms in total. The minimum absolute atomic E-state index is 0.369. The first-order valence-corrected chi connectivity index (χ1v) is 7.63. The fraction of sp³-hybridized carbons (Fsp3) is 1.00. The third-order valence-electron chi connectivity index (χ3n) is 2.70. The molecular weight excluding hydrogens is 238 g/mol. The lowest BCUT2D eigenvalue weighted by Crippen LogP contribution is -2.40. The Morgan fingerprint density at radius 1 is 1.18 bits per heavy atom. The Morgan fingerprint density at radius 2 is 1.76 bits per heavy atom. The second kappa shape index (κ2) is 8.02. The van der Waals surface area contributed by atoms with Crippen LogP contribution in [-0.2, 0) is 10.0 Å². The van der Waals surface area contributed by atoms with Crippen LogP contribution in [0, 0.1) is 0 Å². The molecule has 0 radical (unpaired) electrons. The molecule has 0 fully saturated rings. The zero-order valence-electron chi connectivity index (χ0n) is 11.7. The fourth-order valence-corrected chi connectivity index (χ4v) is 2.82. The monoisotopic (exact) mass is 265 g/mol. The summed E-state index contributed by atoms with van der Waals surface area (Å²) in [5.74, 6) is 0. The molecule has 0 saturated carbocycles. The van der Waals surface area contributed by atoms with Crippen LogP contribution in [0.2, 0.25) is 0 Å². The van der Waals surface area contributed by atoms with Crippen molar-refractivity contribution in [2.75, 3.05) is 47.3 Å². The van der Waals surface area contributed by atoms with Crippen molar-refractivity contribution in [1.82, 2.24) is 14.5 Å². The maximum Gasteiger partial charge on any atom is 0.217 e. The number of nitrogens with zero attached hydrogens (tertiary/aromatic N) is 2. The highest BCUT2D eigenvalue weighted by Crippen LogP contribution is 2.06. The van der Waals surface area contributed by atoms with Crippen molar-refractivity contribution in [2.45, 2.75) is 25.5 Å². The first-order chi connectivity index (χ1) is 7.82. The molecule has 0 amide bonds. The first kappa shape index (κ1) is 16.8. The third kappa shape index (κ3) is 6.35. The van der Waals surface area contributed by atoms with Crippen LogP contribution in [-0.4, -0.2) is 70.2 Å². The SMILES string of the molecule is CCNCC(C)S(=O)(=O)N(C)CCCN(C)C. The van der Waals surface area contributed by atoms with E-state index in [1.807, 2.05) is 21.0 Å². The summed E-state index contributed by atoms with van der Waals surface area (Å²) in [6, 6.07) is 0. The molecule has 0 bridgehead atoms. The third-order valence-corrected chi connectivity index (χ3v) is 4.94. The molecule has 0 rings (SSSR count). The van der Waals surface area contributed by atoms with Gasteiger partial charge in [0, 0.05) is 20.1 Å². The van der Waals surface area contributed by atoms with Crippen molar-refractivity contribution >= 4 is 10.0 Å². The molecule has 0 saturated heterocycles. The van der Waals surface area contributed by atoms with E-state index in [0.717, 1.165) is 19.5 Å². The number of nitrogens with one attached hydrogen (secondary N) is 1. The van der Waals surface area contributed by atoms with E-state index in [1.54, 1.807) is 14.0 Å². The van der Waals surface area contributed by atoms with Crippen molar-refractivity contribution in [2.24, 2.45) is 0 Å². The zero-order chi connectivity index (χ0) is 13.5. The highest BCUT2D eigenvalue weighted by atomic mass is 32.2. The Balaban J connectivity index is 4.19. The van der Waals surface area contributed by atoms with Gasteiger partial charge in [0.05, 0.1) is 5.25 Å². The molecule has 1 N–H and O–H groups in total. The average molecular weight is 265 g/mol. The van der Waals surface area contributed by atoms with Crippen LogP contribution in [0.3, 0.4) is 0 Å². The van der Waals surface area contributed by atoms with Gasteiger partial charge in [0.25, 0.3) is 0 Å². The fourth-order valence-electron chi connectivity index (χ4n) is 1.50. The van der Waals surface area contributed by atoms with E-state index in [9.17, 15) is 8.42 Å². The molecular formula is C11H27N3O2S. The molecule has 104 valence electrons. The summed E-state index contributed by atoms with van der Waals surface area (Å²) in [6.07, 6.45) is 0.858. The van der Waals surface area contributed by atoms with Crippen LogP contribution in [0.1, 0.15) is 20.3 Å².